The number of aryl methyl sites for hydroxylation is 2. The summed E-state index contributed by atoms with van der Waals surface area (Å²) in [5.74, 6) is -0.416. The molecule has 1 N–H and O–H groups in total. The second-order valence-corrected chi connectivity index (χ2v) is 7.54. The average Bonchev–Trinajstić information content (AvgIpc) is 3.50. The van der Waals surface area contributed by atoms with Crippen LogP contribution in [0.4, 0.5) is 5.69 Å². The monoisotopic (exact) mass is 417 g/mol. The second-order valence-electron chi connectivity index (χ2n) is 7.54. The minimum absolute atomic E-state index is 0.0419. The molecule has 31 heavy (non-hydrogen) atoms. The van der Waals surface area contributed by atoms with Crippen LogP contribution in [0.2, 0.25) is 0 Å². The van der Waals surface area contributed by atoms with Crippen LogP contribution in [0.3, 0.4) is 0 Å². The Morgan fingerprint density at radius 3 is 2.61 bits per heavy atom. The van der Waals surface area contributed by atoms with Crippen molar-refractivity contribution in [1.29, 1.82) is 0 Å². The van der Waals surface area contributed by atoms with Crippen LogP contribution in [0.5, 0.6) is 11.5 Å². The summed E-state index contributed by atoms with van der Waals surface area (Å²) >= 11 is 0. The number of carbonyl (C=O) groups excluding carboxylic acids is 2. The van der Waals surface area contributed by atoms with Crippen LogP contribution in [0.15, 0.2) is 64.8 Å². The van der Waals surface area contributed by atoms with Crippen molar-refractivity contribution in [2.24, 2.45) is 0 Å². The molecule has 0 radical (unpaired) electrons. The number of hydrogen-bond donors (Lipinski definition) is 1. The van der Waals surface area contributed by atoms with Crippen LogP contribution in [0.1, 0.15) is 28.5 Å². The number of anilines is 1. The first-order valence-corrected chi connectivity index (χ1v) is 9.77. The third-order valence-corrected chi connectivity index (χ3v) is 5.53. The first-order chi connectivity index (χ1) is 15.0. The van der Waals surface area contributed by atoms with E-state index in [1.807, 2.05) is 32.0 Å². The molecule has 0 saturated carbocycles. The second kappa shape index (κ2) is 7.05. The van der Waals surface area contributed by atoms with Gasteiger partial charge in [-0.05, 0) is 61.4 Å². The number of ketones is 1. The molecule has 2 aromatic carbocycles. The van der Waals surface area contributed by atoms with E-state index in [4.69, 9.17) is 13.9 Å². The lowest BCUT2D eigenvalue weighted by Gasteiger charge is -2.25. The number of hydrogen-bond acceptors (Lipinski definition) is 6. The van der Waals surface area contributed by atoms with E-state index in [9.17, 15) is 14.7 Å². The third kappa shape index (κ3) is 2.97. The van der Waals surface area contributed by atoms with Crippen LogP contribution >= 0.6 is 0 Å². The lowest BCUT2D eigenvalue weighted by Crippen LogP contribution is -2.30. The van der Waals surface area contributed by atoms with Gasteiger partial charge in [0.05, 0.1) is 11.8 Å². The fourth-order valence-corrected chi connectivity index (χ4v) is 3.98. The van der Waals surface area contributed by atoms with E-state index in [0.29, 0.717) is 28.5 Å². The highest BCUT2D eigenvalue weighted by Gasteiger charge is 2.48. The van der Waals surface area contributed by atoms with Crippen molar-refractivity contribution in [3.8, 4) is 11.5 Å². The van der Waals surface area contributed by atoms with Gasteiger partial charge in [0.15, 0.2) is 11.5 Å². The highest BCUT2D eigenvalue weighted by Crippen LogP contribution is 2.44. The van der Waals surface area contributed by atoms with E-state index in [1.54, 1.807) is 30.3 Å². The smallest absolute Gasteiger partial charge is 0.300 e. The molecule has 1 unspecified atom stereocenters. The predicted octanol–water partition coefficient (Wildman–Crippen LogP) is 4.25. The van der Waals surface area contributed by atoms with Gasteiger partial charge in [0, 0.05) is 11.3 Å². The van der Waals surface area contributed by atoms with Crippen LogP contribution < -0.4 is 14.4 Å². The van der Waals surface area contributed by atoms with Crippen molar-refractivity contribution in [1.82, 2.24) is 0 Å². The molecule has 0 aliphatic carbocycles. The molecule has 2 aliphatic rings. The Morgan fingerprint density at radius 2 is 1.84 bits per heavy atom. The number of furan rings is 1. The Morgan fingerprint density at radius 1 is 1.03 bits per heavy atom. The summed E-state index contributed by atoms with van der Waals surface area (Å²) < 4.78 is 16.3. The molecule has 1 saturated heterocycles. The summed E-state index contributed by atoms with van der Waals surface area (Å²) in [5.41, 5.74) is 2.66. The quantitative estimate of drug-likeness (QED) is 0.389. The molecule has 1 fully saturated rings. The van der Waals surface area contributed by atoms with Gasteiger partial charge in [-0.15, -0.1) is 0 Å². The summed E-state index contributed by atoms with van der Waals surface area (Å²) in [5, 5.41) is 11.1. The van der Waals surface area contributed by atoms with E-state index in [0.717, 1.165) is 11.1 Å². The number of nitrogens with zero attached hydrogens (tertiary/aromatic N) is 1. The fraction of sp³-hybridized carbons (Fsp3) is 0.167. The van der Waals surface area contributed by atoms with Crippen LogP contribution in [-0.2, 0) is 9.59 Å². The first-order valence-electron chi connectivity index (χ1n) is 9.77. The maximum Gasteiger partial charge on any atom is 0.300 e. The Hall–Kier alpha value is -4.00. The van der Waals surface area contributed by atoms with E-state index in [2.05, 4.69) is 0 Å². The van der Waals surface area contributed by atoms with Crippen LogP contribution in [0, 0.1) is 13.8 Å². The Labute approximate surface area is 178 Å². The number of aliphatic hydroxyl groups excluding tert-OH is 1. The summed E-state index contributed by atoms with van der Waals surface area (Å²) in [6.07, 6.45) is 1.47. The third-order valence-electron chi connectivity index (χ3n) is 5.53. The zero-order valence-electron chi connectivity index (χ0n) is 16.9. The minimum Gasteiger partial charge on any atom is -0.507 e. The van der Waals surface area contributed by atoms with E-state index < -0.39 is 17.7 Å². The normalized spacial score (nSPS) is 19.3. The van der Waals surface area contributed by atoms with Crippen LogP contribution in [0.25, 0.3) is 5.76 Å². The van der Waals surface area contributed by atoms with E-state index in [1.165, 1.54) is 11.2 Å². The number of aliphatic hydroxyl groups is 1. The molecular weight excluding hydrogens is 398 g/mol. The highest BCUT2D eigenvalue weighted by atomic mass is 16.7. The molecule has 0 spiro atoms. The van der Waals surface area contributed by atoms with Crippen LogP contribution in [-0.4, -0.2) is 23.6 Å². The molecule has 1 aromatic heterocycles. The predicted molar refractivity (Wildman–Crippen MR) is 112 cm³/mol. The van der Waals surface area contributed by atoms with Gasteiger partial charge < -0.3 is 19.0 Å². The van der Waals surface area contributed by atoms with Gasteiger partial charge in [-0.25, -0.2) is 0 Å². The van der Waals surface area contributed by atoms with Gasteiger partial charge in [0.25, 0.3) is 11.7 Å². The van der Waals surface area contributed by atoms with Crippen molar-refractivity contribution in [2.75, 3.05) is 11.7 Å². The van der Waals surface area contributed by atoms with Crippen molar-refractivity contribution in [2.45, 2.75) is 19.9 Å². The van der Waals surface area contributed by atoms with Gasteiger partial charge in [-0.3, -0.25) is 14.5 Å². The van der Waals surface area contributed by atoms with Crippen molar-refractivity contribution < 1.29 is 28.6 Å². The van der Waals surface area contributed by atoms with E-state index in [-0.39, 0.29) is 18.1 Å². The molecule has 7 heteroatoms. The Bertz CT molecular complexity index is 1240. The first kappa shape index (κ1) is 19.0. The molecule has 2 aliphatic heterocycles. The maximum absolute atomic E-state index is 13.2. The number of benzene rings is 2. The van der Waals surface area contributed by atoms with Crippen molar-refractivity contribution in [3.05, 3.63) is 82.8 Å². The summed E-state index contributed by atoms with van der Waals surface area (Å²) in [7, 11) is 0. The standard InChI is InChI=1S/C24H19NO6/c1-13-5-6-14(2)16(10-13)25-21(18-4-3-9-29-18)20(23(27)24(25)28)22(26)15-7-8-17-19(11-15)31-12-30-17/h3-11,21,26H,12H2,1-2H3/b22-20-. The molecule has 1 atom stereocenters. The Kier molecular flexibility index (Phi) is 4.32. The highest BCUT2D eigenvalue weighted by molar-refractivity contribution is 6.51. The maximum atomic E-state index is 13.2. The van der Waals surface area contributed by atoms with Gasteiger partial charge in [-0.1, -0.05) is 12.1 Å². The van der Waals surface area contributed by atoms with E-state index >= 15 is 0 Å². The zero-order chi connectivity index (χ0) is 21.7. The number of amides is 1. The van der Waals surface area contributed by atoms with Gasteiger partial charge in [-0.2, -0.15) is 0 Å². The minimum atomic E-state index is -0.902. The van der Waals surface area contributed by atoms with Crippen molar-refractivity contribution in [3.63, 3.8) is 0 Å². The summed E-state index contributed by atoms with van der Waals surface area (Å²) in [4.78, 5) is 27.7. The van der Waals surface area contributed by atoms with Gasteiger partial charge in [0.2, 0.25) is 6.79 Å². The molecular formula is C24H19NO6. The fourth-order valence-electron chi connectivity index (χ4n) is 3.98. The van der Waals surface area contributed by atoms with Crippen molar-refractivity contribution >= 4 is 23.1 Å². The zero-order valence-corrected chi connectivity index (χ0v) is 16.9. The number of carbonyl (C=O) groups is 2. The SMILES string of the molecule is Cc1ccc(C)c(N2C(=O)C(=O)/C(=C(\O)c3ccc4c(c3)OCO4)C2c2ccco2)c1. The molecule has 0 bridgehead atoms. The number of ether oxygens (including phenoxy) is 2. The topological polar surface area (TPSA) is 89.2 Å². The number of rotatable bonds is 3. The largest absolute Gasteiger partial charge is 0.507 e. The number of Topliss-reactive ketones (excluding diaryl/α,β-unsaturated/α-hetero) is 1. The van der Waals surface area contributed by atoms with Gasteiger partial charge >= 0.3 is 0 Å². The van der Waals surface area contributed by atoms with Gasteiger partial charge in [0.1, 0.15) is 17.6 Å². The lowest BCUT2D eigenvalue weighted by molar-refractivity contribution is -0.132. The number of fused-ring (bicyclic) bond motifs is 1. The Balaban J connectivity index is 1.71. The molecule has 156 valence electrons. The molecule has 3 heterocycles. The molecule has 5 rings (SSSR count). The summed E-state index contributed by atoms with van der Waals surface area (Å²) in [6, 6.07) is 13.0. The molecule has 3 aromatic rings. The lowest BCUT2D eigenvalue weighted by atomic mass is 9.98. The molecule has 1 amide bonds. The summed E-state index contributed by atoms with van der Waals surface area (Å²) in [6.45, 7) is 3.86. The average molecular weight is 417 g/mol. The molecule has 7 nitrogen and oxygen atoms in total.